The molecule has 2 N–H and O–H groups in total. The minimum Gasteiger partial charge on any atom is -0.368 e. The van der Waals surface area contributed by atoms with Gasteiger partial charge in [-0.2, -0.15) is 5.10 Å². The molecule has 0 aliphatic heterocycles. The van der Waals surface area contributed by atoms with Gasteiger partial charge in [-0.05, 0) is 24.2 Å². The number of nitrogens with one attached hydrogen (secondary N) is 2. The van der Waals surface area contributed by atoms with E-state index in [1.807, 2.05) is 0 Å². The maximum Gasteiger partial charge on any atom is 0.151 e. The van der Waals surface area contributed by atoms with E-state index < -0.39 is 0 Å². The molecule has 1 aliphatic carbocycles. The van der Waals surface area contributed by atoms with E-state index >= 15 is 0 Å². The second-order valence-corrected chi connectivity index (χ2v) is 5.28. The van der Waals surface area contributed by atoms with Crippen molar-refractivity contribution in [3.8, 4) is 0 Å². The predicted molar refractivity (Wildman–Crippen MR) is 63.4 cm³/mol. The van der Waals surface area contributed by atoms with Gasteiger partial charge in [0.1, 0.15) is 0 Å². The summed E-state index contributed by atoms with van der Waals surface area (Å²) in [6.45, 7) is 10.1. The standard InChI is InChI=1S/C12H21N3/c1-5-6-13-11-9-10(14-15-11)8(2)7-12(9,3)4/h8H,5-7H2,1-4H3,(H2,13,14,15). The minimum atomic E-state index is 0.262. The Morgan fingerprint density at radius 3 is 2.93 bits per heavy atom. The van der Waals surface area contributed by atoms with Crippen LogP contribution in [0.4, 0.5) is 5.82 Å². The topological polar surface area (TPSA) is 40.7 Å². The van der Waals surface area contributed by atoms with Crippen LogP contribution in [-0.4, -0.2) is 16.7 Å². The van der Waals surface area contributed by atoms with Gasteiger partial charge in [-0.15, -0.1) is 0 Å². The highest BCUT2D eigenvalue weighted by atomic mass is 15.2. The van der Waals surface area contributed by atoms with E-state index in [2.05, 4.69) is 43.2 Å². The Morgan fingerprint density at radius 2 is 2.27 bits per heavy atom. The van der Waals surface area contributed by atoms with Crippen molar-refractivity contribution < 1.29 is 0 Å². The summed E-state index contributed by atoms with van der Waals surface area (Å²) < 4.78 is 0. The molecule has 0 spiro atoms. The maximum atomic E-state index is 4.39. The molecule has 1 atom stereocenters. The molecule has 0 fully saturated rings. The number of hydrogen-bond donors (Lipinski definition) is 2. The molecule has 0 aromatic carbocycles. The van der Waals surface area contributed by atoms with Crippen LogP contribution < -0.4 is 5.32 Å². The molecule has 0 saturated carbocycles. The average Bonchev–Trinajstić information content (AvgIpc) is 2.65. The van der Waals surface area contributed by atoms with E-state index in [0.717, 1.165) is 18.8 Å². The first-order chi connectivity index (χ1) is 7.06. The molecular formula is C12H21N3. The minimum absolute atomic E-state index is 0.262. The van der Waals surface area contributed by atoms with Crippen LogP contribution in [0, 0.1) is 0 Å². The summed E-state index contributed by atoms with van der Waals surface area (Å²) in [5, 5.41) is 11.0. The lowest BCUT2D eigenvalue weighted by molar-refractivity contribution is 0.485. The van der Waals surface area contributed by atoms with E-state index in [1.54, 1.807) is 0 Å². The molecule has 2 rings (SSSR count). The number of rotatable bonds is 3. The summed E-state index contributed by atoms with van der Waals surface area (Å²) in [4.78, 5) is 0. The summed E-state index contributed by atoms with van der Waals surface area (Å²) >= 11 is 0. The lowest BCUT2D eigenvalue weighted by Crippen LogP contribution is -2.15. The highest BCUT2D eigenvalue weighted by Crippen LogP contribution is 2.47. The van der Waals surface area contributed by atoms with Crippen molar-refractivity contribution in [3.63, 3.8) is 0 Å². The second-order valence-electron chi connectivity index (χ2n) is 5.28. The molecule has 0 radical (unpaired) electrons. The van der Waals surface area contributed by atoms with Gasteiger partial charge in [0.05, 0.1) is 0 Å². The average molecular weight is 207 g/mol. The molecule has 84 valence electrons. The van der Waals surface area contributed by atoms with Gasteiger partial charge in [0.25, 0.3) is 0 Å². The van der Waals surface area contributed by atoms with Crippen molar-refractivity contribution in [1.29, 1.82) is 0 Å². The zero-order valence-electron chi connectivity index (χ0n) is 10.1. The normalized spacial score (nSPS) is 22.8. The highest BCUT2D eigenvalue weighted by molar-refractivity contribution is 5.54. The van der Waals surface area contributed by atoms with Gasteiger partial charge in [-0.25, -0.2) is 0 Å². The zero-order chi connectivity index (χ0) is 11.1. The predicted octanol–water partition coefficient (Wildman–Crippen LogP) is 3.02. The first-order valence-electron chi connectivity index (χ1n) is 5.89. The molecule has 15 heavy (non-hydrogen) atoms. The summed E-state index contributed by atoms with van der Waals surface area (Å²) in [5.41, 5.74) is 3.00. The van der Waals surface area contributed by atoms with Crippen molar-refractivity contribution >= 4 is 5.82 Å². The van der Waals surface area contributed by atoms with Crippen LogP contribution in [0.1, 0.15) is 57.7 Å². The van der Waals surface area contributed by atoms with Crippen LogP contribution in [0.2, 0.25) is 0 Å². The van der Waals surface area contributed by atoms with Crippen molar-refractivity contribution in [2.75, 3.05) is 11.9 Å². The van der Waals surface area contributed by atoms with Crippen LogP contribution in [0.5, 0.6) is 0 Å². The van der Waals surface area contributed by atoms with E-state index in [9.17, 15) is 0 Å². The number of H-pyrrole nitrogens is 1. The third kappa shape index (κ3) is 1.64. The molecule has 1 heterocycles. The quantitative estimate of drug-likeness (QED) is 0.800. The van der Waals surface area contributed by atoms with Crippen LogP contribution in [0.25, 0.3) is 0 Å². The van der Waals surface area contributed by atoms with Gasteiger partial charge in [-0.3, -0.25) is 5.10 Å². The smallest absolute Gasteiger partial charge is 0.151 e. The van der Waals surface area contributed by atoms with Crippen LogP contribution >= 0.6 is 0 Å². The van der Waals surface area contributed by atoms with Gasteiger partial charge in [0.2, 0.25) is 0 Å². The number of hydrogen-bond acceptors (Lipinski definition) is 2. The monoisotopic (exact) mass is 207 g/mol. The molecule has 0 saturated heterocycles. The first-order valence-corrected chi connectivity index (χ1v) is 5.89. The van der Waals surface area contributed by atoms with E-state index in [-0.39, 0.29) is 5.41 Å². The van der Waals surface area contributed by atoms with Gasteiger partial charge in [0.15, 0.2) is 5.82 Å². The van der Waals surface area contributed by atoms with Crippen molar-refractivity contribution in [3.05, 3.63) is 11.3 Å². The Labute approximate surface area is 91.7 Å². The molecule has 1 unspecified atom stereocenters. The zero-order valence-corrected chi connectivity index (χ0v) is 10.1. The van der Waals surface area contributed by atoms with Gasteiger partial charge in [-0.1, -0.05) is 27.7 Å². The summed E-state index contributed by atoms with van der Waals surface area (Å²) in [5.74, 6) is 1.68. The number of fused-ring (bicyclic) bond motifs is 1. The van der Waals surface area contributed by atoms with E-state index in [4.69, 9.17) is 0 Å². The van der Waals surface area contributed by atoms with E-state index in [0.29, 0.717) is 5.92 Å². The third-order valence-corrected chi connectivity index (χ3v) is 3.32. The molecule has 0 amide bonds. The Morgan fingerprint density at radius 1 is 1.53 bits per heavy atom. The summed E-state index contributed by atoms with van der Waals surface area (Å²) in [6, 6.07) is 0. The SMILES string of the molecule is CCCNc1n[nH]c2c1C(C)(C)CC2C. The second kappa shape index (κ2) is 3.54. The fourth-order valence-corrected chi connectivity index (χ4v) is 2.74. The van der Waals surface area contributed by atoms with Gasteiger partial charge >= 0.3 is 0 Å². The Bertz CT molecular complexity index is 352. The molecule has 3 nitrogen and oxygen atoms in total. The summed E-state index contributed by atoms with van der Waals surface area (Å²) in [6.07, 6.45) is 2.36. The number of nitrogens with zero attached hydrogens (tertiary/aromatic N) is 1. The van der Waals surface area contributed by atoms with Crippen molar-refractivity contribution in [2.45, 2.75) is 51.9 Å². The fraction of sp³-hybridized carbons (Fsp3) is 0.750. The molecule has 1 aromatic heterocycles. The highest BCUT2D eigenvalue weighted by Gasteiger charge is 2.39. The maximum absolute atomic E-state index is 4.39. The van der Waals surface area contributed by atoms with E-state index in [1.165, 1.54) is 17.7 Å². The van der Waals surface area contributed by atoms with Crippen LogP contribution in [0.15, 0.2) is 0 Å². The Hall–Kier alpha value is -0.990. The molecular weight excluding hydrogens is 186 g/mol. The fourth-order valence-electron chi connectivity index (χ4n) is 2.74. The van der Waals surface area contributed by atoms with Gasteiger partial charge in [0, 0.05) is 17.8 Å². The Kier molecular flexibility index (Phi) is 2.49. The molecule has 1 aromatic rings. The summed E-state index contributed by atoms with van der Waals surface area (Å²) in [7, 11) is 0. The number of aromatic amines is 1. The lowest BCUT2D eigenvalue weighted by atomic mass is 9.86. The lowest BCUT2D eigenvalue weighted by Gasteiger charge is -2.19. The third-order valence-electron chi connectivity index (χ3n) is 3.32. The molecule has 1 aliphatic rings. The Balaban J connectivity index is 2.33. The number of anilines is 1. The van der Waals surface area contributed by atoms with Crippen LogP contribution in [0.3, 0.4) is 0 Å². The van der Waals surface area contributed by atoms with Crippen molar-refractivity contribution in [1.82, 2.24) is 10.2 Å². The molecule has 3 heteroatoms. The van der Waals surface area contributed by atoms with Gasteiger partial charge < -0.3 is 5.32 Å². The molecule has 0 bridgehead atoms. The first kappa shape index (κ1) is 10.5. The van der Waals surface area contributed by atoms with Crippen molar-refractivity contribution in [2.24, 2.45) is 0 Å². The van der Waals surface area contributed by atoms with Crippen LogP contribution in [-0.2, 0) is 5.41 Å². The number of aromatic nitrogens is 2. The largest absolute Gasteiger partial charge is 0.368 e.